The van der Waals surface area contributed by atoms with Crippen LogP contribution in [0, 0.1) is 11.6 Å². The van der Waals surface area contributed by atoms with Gasteiger partial charge in [-0.05, 0) is 30.5 Å². The van der Waals surface area contributed by atoms with Gasteiger partial charge in [0, 0.05) is 18.7 Å². The first-order valence-corrected chi connectivity index (χ1v) is 7.70. The molecule has 1 N–H and O–H groups in total. The van der Waals surface area contributed by atoms with Crippen LogP contribution in [0.4, 0.5) is 8.78 Å². The fourth-order valence-corrected chi connectivity index (χ4v) is 3.00. The molecule has 1 atom stereocenters. The first kappa shape index (κ1) is 14.5. The fourth-order valence-electron chi connectivity index (χ4n) is 2.12. The Morgan fingerprint density at radius 1 is 1.33 bits per heavy atom. The van der Waals surface area contributed by atoms with Crippen LogP contribution in [0.25, 0.3) is 0 Å². The van der Waals surface area contributed by atoms with Gasteiger partial charge in [-0.25, -0.2) is 8.78 Å². The number of halogens is 2. The summed E-state index contributed by atoms with van der Waals surface area (Å²) < 4.78 is 27.9. The smallest absolute Gasteiger partial charge is 0.191 e. The molecule has 7 heteroatoms. The van der Waals surface area contributed by atoms with Crippen LogP contribution in [0.5, 0.6) is 0 Å². The third-order valence-corrected chi connectivity index (χ3v) is 4.61. The molecule has 3 rings (SSSR count). The van der Waals surface area contributed by atoms with Crippen molar-refractivity contribution in [1.82, 2.24) is 14.8 Å². The van der Waals surface area contributed by atoms with Gasteiger partial charge in [0.2, 0.25) is 0 Å². The summed E-state index contributed by atoms with van der Waals surface area (Å²) in [5, 5.41) is 19.0. The van der Waals surface area contributed by atoms with Crippen molar-refractivity contribution >= 4 is 11.8 Å². The van der Waals surface area contributed by atoms with E-state index in [-0.39, 0.29) is 0 Å². The highest BCUT2D eigenvalue weighted by atomic mass is 32.2. The molecule has 1 aliphatic carbocycles. The maximum Gasteiger partial charge on any atom is 0.191 e. The van der Waals surface area contributed by atoms with E-state index < -0.39 is 17.7 Å². The molecule has 0 radical (unpaired) electrons. The van der Waals surface area contributed by atoms with Crippen LogP contribution in [0.2, 0.25) is 0 Å². The summed E-state index contributed by atoms with van der Waals surface area (Å²) in [7, 11) is 1.90. The van der Waals surface area contributed by atoms with Crippen molar-refractivity contribution in [2.75, 3.05) is 5.75 Å². The number of aliphatic hydroxyl groups excluding tert-OH is 1. The van der Waals surface area contributed by atoms with Crippen molar-refractivity contribution in [3.05, 3.63) is 41.2 Å². The molecule has 0 spiro atoms. The minimum absolute atomic E-state index is 0.307. The topological polar surface area (TPSA) is 50.9 Å². The average Bonchev–Trinajstić information content (AvgIpc) is 3.24. The van der Waals surface area contributed by atoms with Crippen LogP contribution < -0.4 is 0 Å². The fraction of sp³-hybridized carbons (Fsp3) is 0.429. The molecule has 1 aromatic heterocycles. The molecule has 1 aromatic carbocycles. The number of hydrogen-bond acceptors (Lipinski definition) is 4. The quantitative estimate of drug-likeness (QED) is 0.863. The molecule has 1 unspecified atom stereocenters. The zero-order valence-electron chi connectivity index (χ0n) is 11.5. The summed E-state index contributed by atoms with van der Waals surface area (Å²) >= 11 is 1.35. The lowest BCUT2D eigenvalue weighted by atomic mass is 10.1. The zero-order valence-corrected chi connectivity index (χ0v) is 12.3. The van der Waals surface area contributed by atoms with Crippen LogP contribution in [0.3, 0.4) is 0 Å². The number of aliphatic hydroxyl groups is 1. The van der Waals surface area contributed by atoms with Gasteiger partial charge in [-0.3, -0.25) is 0 Å². The van der Waals surface area contributed by atoms with Crippen molar-refractivity contribution in [1.29, 1.82) is 0 Å². The molecule has 0 aliphatic heterocycles. The van der Waals surface area contributed by atoms with Crippen LogP contribution >= 0.6 is 11.8 Å². The molecule has 1 aliphatic rings. The lowest BCUT2D eigenvalue weighted by Gasteiger charge is -2.10. The molecule has 1 fully saturated rings. The van der Waals surface area contributed by atoms with Gasteiger partial charge in [0.25, 0.3) is 0 Å². The summed E-state index contributed by atoms with van der Waals surface area (Å²) in [4.78, 5) is 0. The molecule has 1 saturated carbocycles. The van der Waals surface area contributed by atoms with Gasteiger partial charge >= 0.3 is 0 Å². The van der Waals surface area contributed by atoms with Crippen molar-refractivity contribution in [2.24, 2.45) is 7.05 Å². The Morgan fingerprint density at radius 3 is 2.76 bits per heavy atom. The lowest BCUT2D eigenvalue weighted by molar-refractivity contribution is 0.203. The standard InChI is InChI=1S/C14H15F2N3OS/c1-19-13(8-2-3-8)17-18-14(19)21-7-12(20)9-4-5-10(15)11(16)6-9/h4-6,8,12,20H,2-3,7H2,1H3. The van der Waals surface area contributed by atoms with Gasteiger partial charge in [0.1, 0.15) is 5.82 Å². The van der Waals surface area contributed by atoms with Crippen molar-refractivity contribution < 1.29 is 13.9 Å². The summed E-state index contributed by atoms with van der Waals surface area (Å²) in [6, 6.07) is 3.43. The first-order chi connectivity index (χ1) is 10.1. The SMILES string of the molecule is Cn1c(SCC(O)c2ccc(F)c(F)c2)nnc1C1CC1. The van der Waals surface area contributed by atoms with Crippen LogP contribution in [0.1, 0.15) is 36.3 Å². The number of hydrogen-bond donors (Lipinski definition) is 1. The molecule has 112 valence electrons. The second-order valence-electron chi connectivity index (χ2n) is 5.17. The van der Waals surface area contributed by atoms with Crippen LogP contribution in [-0.4, -0.2) is 25.6 Å². The Kier molecular flexibility index (Phi) is 3.95. The highest BCUT2D eigenvalue weighted by Gasteiger charge is 2.29. The maximum absolute atomic E-state index is 13.1. The van der Waals surface area contributed by atoms with E-state index in [9.17, 15) is 13.9 Å². The first-order valence-electron chi connectivity index (χ1n) is 6.71. The van der Waals surface area contributed by atoms with E-state index in [1.165, 1.54) is 17.8 Å². The van der Waals surface area contributed by atoms with Gasteiger partial charge in [-0.1, -0.05) is 17.8 Å². The summed E-state index contributed by atoms with van der Waals surface area (Å²) in [5.74, 6) is -0.0816. The predicted molar refractivity (Wildman–Crippen MR) is 75.0 cm³/mol. The van der Waals surface area contributed by atoms with E-state index in [0.717, 1.165) is 36.0 Å². The normalized spacial score (nSPS) is 16.2. The molecular weight excluding hydrogens is 296 g/mol. The largest absolute Gasteiger partial charge is 0.388 e. The average molecular weight is 311 g/mol. The Morgan fingerprint density at radius 2 is 2.10 bits per heavy atom. The predicted octanol–water partition coefficient (Wildman–Crippen LogP) is 2.80. The van der Waals surface area contributed by atoms with Gasteiger partial charge in [0.05, 0.1) is 6.10 Å². The highest BCUT2D eigenvalue weighted by Crippen LogP contribution is 2.39. The van der Waals surface area contributed by atoms with Gasteiger partial charge in [-0.15, -0.1) is 10.2 Å². The summed E-state index contributed by atoms with van der Waals surface area (Å²) in [5.41, 5.74) is 0.353. The number of benzene rings is 1. The van der Waals surface area contributed by atoms with Crippen LogP contribution in [-0.2, 0) is 7.05 Å². The van der Waals surface area contributed by atoms with E-state index >= 15 is 0 Å². The Hall–Kier alpha value is -1.47. The number of nitrogens with zero attached hydrogens (tertiary/aromatic N) is 3. The van der Waals surface area contributed by atoms with E-state index in [2.05, 4.69) is 10.2 Å². The molecule has 0 amide bonds. The molecule has 0 saturated heterocycles. The monoisotopic (exact) mass is 311 g/mol. The van der Waals surface area contributed by atoms with Gasteiger partial charge in [-0.2, -0.15) is 0 Å². The van der Waals surface area contributed by atoms with E-state index in [1.807, 2.05) is 11.6 Å². The molecular formula is C14H15F2N3OS. The van der Waals surface area contributed by atoms with E-state index in [0.29, 0.717) is 17.2 Å². The minimum atomic E-state index is -0.953. The summed E-state index contributed by atoms with van der Waals surface area (Å²) in [6.45, 7) is 0. The number of aromatic nitrogens is 3. The molecule has 2 aromatic rings. The summed E-state index contributed by atoms with van der Waals surface area (Å²) in [6.07, 6.45) is 1.41. The third kappa shape index (κ3) is 3.08. The molecule has 21 heavy (non-hydrogen) atoms. The third-order valence-electron chi connectivity index (χ3n) is 3.51. The van der Waals surface area contributed by atoms with Crippen LogP contribution in [0.15, 0.2) is 23.4 Å². The Balaban J connectivity index is 1.65. The number of rotatable bonds is 5. The van der Waals surface area contributed by atoms with Gasteiger partial charge in [0.15, 0.2) is 16.8 Å². The molecule has 4 nitrogen and oxygen atoms in total. The van der Waals surface area contributed by atoms with E-state index in [1.54, 1.807) is 0 Å². The minimum Gasteiger partial charge on any atom is -0.388 e. The lowest BCUT2D eigenvalue weighted by Crippen LogP contribution is -2.04. The highest BCUT2D eigenvalue weighted by molar-refractivity contribution is 7.99. The van der Waals surface area contributed by atoms with Gasteiger partial charge < -0.3 is 9.67 Å². The molecule has 0 bridgehead atoms. The second-order valence-corrected chi connectivity index (χ2v) is 6.16. The maximum atomic E-state index is 13.1. The van der Waals surface area contributed by atoms with E-state index in [4.69, 9.17) is 0 Å². The number of thioether (sulfide) groups is 1. The Labute approximate surface area is 125 Å². The molecule has 1 heterocycles. The second kappa shape index (κ2) is 5.73. The zero-order chi connectivity index (χ0) is 15.0. The van der Waals surface area contributed by atoms with Crippen molar-refractivity contribution in [3.63, 3.8) is 0 Å². The van der Waals surface area contributed by atoms with Crippen molar-refractivity contribution in [2.45, 2.75) is 30.0 Å². The Bertz CT molecular complexity index is 658. The van der Waals surface area contributed by atoms with Crippen molar-refractivity contribution in [3.8, 4) is 0 Å².